The summed E-state index contributed by atoms with van der Waals surface area (Å²) in [6.45, 7) is 1.76. The summed E-state index contributed by atoms with van der Waals surface area (Å²) in [5.41, 5.74) is 0.397. The maximum Gasteiger partial charge on any atom is 0.271 e. The van der Waals surface area contributed by atoms with Crippen molar-refractivity contribution in [2.75, 3.05) is 18.6 Å². The second-order valence-electron chi connectivity index (χ2n) is 4.36. The Labute approximate surface area is 100.0 Å². The molecule has 1 aromatic heterocycles. The van der Waals surface area contributed by atoms with Crippen molar-refractivity contribution in [1.82, 2.24) is 14.9 Å². The molecule has 0 spiro atoms. The average molecular weight is 257 g/mol. The number of nitrogens with zero attached hydrogens (tertiary/aromatic N) is 2. The Morgan fingerprint density at radius 3 is 2.76 bits per heavy atom. The fraction of sp³-hybridized carbons (Fsp3) is 0.600. The highest BCUT2D eigenvalue weighted by atomic mass is 32.2. The van der Waals surface area contributed by atoms with Gasteiger partial charge in [0.05, 0.1) is 17.7 Å². The van der Waals surface area contributed by atoms with Gasteiger partial charge in [0.1, 0.15) is 11.5 Å². The number of hydrogen-bond acceptors (Lipinski definition) is 4. The highest BCUT2D eigenvalue weighted by Crippen LogP contribution is 2.18. The summed E-state index contributed by atoms with van der Waals surface area (Å²) in [7, 11) is -1.34. The molecule has 1 aromatic rings. The molecule has 2 rings (SSSR count). The fourth-order valence-electron chi connectivity index (χ4n) is 1.97. The van der Waals surface area contributed by atoms with Crippen molar-refractivity contribution in [3.63, 3.8) is 0 Å². The van der Waals surface area contributed by atoms with Gasteiger partial charge in [0.2, 0.25) is 0 Å². The van der Waals surface area contributed by atoms with Crippen molar-refractivity contribution in [2.24, 2.45) is 0 Å². The molecule has 0 radical (unpaired) electrons. The molecule has 1 atom stereocenters. The largest absolute Gasteiger partial charge is 0.338 e. The molecule has 1 saturated heterocycles. The number of imidazole rings is 1. The molecule has 2 heterocycles. The summed E-state index contributed by atoms with van der Waals surface area (Å²) in [5.74, 6) is 0.674. The van der Waals surface area contributed by atoms with Crippen molar-refractivity contribution in [2.45, 2.75) is 19.4 Å². The van der Waals surface area contributed by atoms with E-state index in [0.29, 0.717) is 17.9 Å². The zero-order chi connectivity index (χ0) is 12.6. The average Bonchev–Trinajstić information content (AvgIpc) is 2.82. The molecule has 1 amide bonds. The number of aryl methyl sites for hydroxylation is 1. The van der Waals surface area contributed by atoms with Crippen LogP contribution in [0.15, 0.2) is 6.20 Å². The number of carbonyl (C=O) groups is 1. The van der Waals surface area contributed by atoms with E-state index in [2.05, 4.69) is 9.97 Å². The minimum Gasteiger partial charge on any atom is -0.338 e. The number of nitrogens with one attached hydrogen (secondary N) is 1. The zero-order valence-corrected chi connectivity index (χ0v) is 10.6. The minimum absolute atomic E-state index is 0.0579. The maximum absolute atomic E-state index is 12.0. The van der Waals surface area contributed by atoms with Gasteiger partial charge < -0.3 is 9.88 Å². The molecule has 0 aromatic carbocycles. The SMILES string of the molecule is Cc1ncc(C(=O)N(C)C2CCS(=O)(=O)C2)[nH]1. The maximum atomic E-state index is 12.0. The number of H-pyrrole nitrogens is 1. The Morgan fingerprint density at radius 2 is 2.29 bits per heavy atom. The number of rotatable bonds is 2. The molecule has 0 aliphatic carbocycles. The first kappa shape index (κ1) is 12.1. The number of aromatic amines is 1. The predicted molar refractivity (Wildman–Crippen MR) is 62.5 cm³/mol. The Bertz CT molecular complexity index is 535. The Balaban J connectivity index is 2.11. The molecule has 1 N–H and O–H groups in total. The van der Waals surface area contributed by atoms with Gasteiger partial charge in [-0.25, -0.2) is 13.4 Å². The van der Waals surface area contributed by atoms with Crippen LogP contribution < -0.4 is 0 Å². The lowest BCUT2D eigenvalue weighted by molar-refractivity contribution is 0.0742. The summed E-state index contributed by atoms with van der Waals surface area (Å²) in [6.07, 6.45) is 1.98. The Hall–Kier alpha value is -1.37. The molecule has 1 aliphatic heterocycles. The lowest BCUT2D eigenvalue weighted by Gasteiger charge is -2.22. The van der Waals surface area contributed by atoms with Gasteiger partial charge >= 0.3 is 0 Å². The van der Waals surface area contributed by atoms with Crippen LogP contribution in [0.1, 0.15) is 22.7 Å². The van der Waals surface area contributed by atoms with E-state index in [1.165, 1.54) is 11.1 Å². The number of hydrogen-bond donors (Lipinski definition) is 1. The van der Waals surface area contributed by atoms with E-state index >= 15 is 0 Å². The normalized spacial score (nSPS) is 22.6. The first-order chi connectivity index (χ1) is 7.89. The van der Waals surface area contributed by atoms with Gasteiger partial charge in [-0.1, -0.05) is 0 Å². The van der Waals surface area contributed by atoms with E-state index in [-0.39, 0.29) is 23.5 Å². The van der Waals surface area contributed by atoms with Gasteiger partial charge in [0.15, 0.2) is 9.84 Å². The van der Waals surface area contributed by atoms with Gasteiger partial charge in [-0.15, -0.1) is 0 Å². The molecule has 1 fully saturated rings. The third-order valence-corrected chi connectivity index (χ3v) is 4.76. The second-order valence-corrected chi connectivity index (χ2v) is 6.58. The minimum atomic E-state index is -2.97. The highest BCUT2D eigenvalue weighted by molar-refractivity contribution is 7.91. The number of amides is 1. The zero-order valence-electron chi connectivity index (χ0n) is 9.80. The van der Waals surface area contributed by atoms with Crippen molar-refractivity contribution < 1.29 is 13.2 Å². The topological polar surface area (TPSA) is 83.1 Å². The summed E-state index contributed by atoms with van der Waals surface area (Å²) in [6, 6.07) is -0.226. The van der Waals surface area contributed by atoms with Gasteiger partial charge in [-0.2, -0.15) is 0 Å². The molecule has 0 saturated carbocycles. The summed E-state index contributed by atoms with van der Waals surface area (Å²) >= 11 is 0. The quantitative estimate of drug-likeness (QED) is 0.807. The van der Waals surface area contributed by atoms with E-state index in [9.17, 15) is 13.2 Å². The van der Waals surface area contributed by atoms with Crippen molar-refractivity contribution >= 4 is 15.7 Å². The van der Waals surface area contributed by atoms with Gasteiger partial charge in [-0.3, -0.25) is 4.79 Å². The molecule has 94 valence electrons. The predicted octanol–water partition coefficient (Wildman–Crippen LogP) is -0.0228. The van der Waals surface area contributed by atoms with E-state index in [4.69, 9.17) is 0 Å². The Kier molecular flexibility index (Phi) is 2.94. The van der Waals surface area contributed by atoms with Crippen LogP contribution in [0.2, 0.25) is 0 Å². The third-order valence-electron chi connectivity index (χ3n) is 3.01. The lowest BCUT2D eigenvalue weighted by atomic mass is 10.2. The van der Waals surface area contributed by atoms with Crippen molar-refractivity contribution in [3.8, 4) is 0 Å². The molecule has 0 bridgehead atoms. The van der Waals surface area contributed by atoms with Crippen molar-refractivity contribution in [3.05, 3.63) is 17.7 Å². The van der Waals surface area contributed by atoms with Crippen LogP contribution in [-0.2, 0) is 9.84 Å². The molecule has 1 unspecified atom stereocenters. The fourth-order valence-corrected chi connectivity index (χ4v) is 3.74. The summed E-state index contributed by atoms with van der Waals surface area (Å²) in [4.78, 5) is 20.3. The standard InChI is InChI=1S/C10H15N3O3S/c1-7-11-5-9(12-7)10(14)13(2)8-3-4-17(15,16)6-8/h5,8H,3-4,6H2,1-2H3,(H,11,12). The summed E-state index contributed by atoms with van der Waals surface area (Å²) in [5, 5.41) is 0. The molecule has 7 heteroatoms. The van der Waals surface area contributed by atoms with Crippen LogP contribution in [0, 0.1) is 6.92 Å². The van der Waals surface area contributed by atoms with E-state index in [0.717, 1.165) is 0 Å². The number of carbonyl (C=O) groups excluding carboxylic acids is 1. The molecule has 6 nitrogen and oxygen atoms in total. The Morgan fingerprint density at radius 1 is 1.59 bits per heavy atom. The first-order valence-electron chi connectivity index (χ1n) is 5.38. The number of aromatic nitrogens is 2. The van der Waals surface area contributed by atoms with Crippen LogP contribution in [0.25, 0.3) is 0 Å². The van der Waals surface area contributed by atoms with Gasteiger partial charge in [0, 0.05) is 13.1 Å². The first-order valence-corrected chi connectivity index (χ1v) is 7.20. The van der Waals surface area contributed by atoms with Crippen LogP contribution >= 0.6 is 0 Å². The van der Waals surface area contributed by atoms with E-state index in [1.807, 2.05) is 0 Å². The lowest BCUT2D eigenvalue weighted by Crippen LogP contribution is -2.38. The van der Waals surface area contributed by atoms with Crippen LogP contribution in [0.4, 0.5) is 0 Å². The monoisotopic (exact) mass is 257 g/mol. The molecular weight excluding hydrogens is 242 g/mol. The van der Waals surface area contributed by atoms with Crippen molar-refractivity contribution in [1.29, 1.82) is 0 Å². The van der Waals surface area contributed by atoms with Gasteiger partial charge in [-0.05, 0) is 13.3 Å². The highest BCUT2D eigenvalue weighted by Gasteiger charge is 2.33. The van der Waals surface area contributed by atoms with Crippen LogP contribution in [0.3, 0.4) is 0 Å². The van der Waals surface area contributed by atoms with Crippen LogP contribution in [-0.4, -0.2) is 53.8 Å². The summed E-state index contributed by atoms with van der Waals surface area (Å²) < 4.78 is 22.7. The molecule has 1 aliphatic rings. The van der Waals surface area contributed by atoms with E-state index < -0.39 is 9.84 Å². The van der Waals surface area contributed by atoms with E-state index in [1.54, 1.807) is 14.0 Å². The van der Waals surface area contributed by atoms with Gasteiger partial charge in [0.25, 0.3) is 5.91 Å². The van der Waals surface area contributed by atoms with Crippen LogP contribution in [0.5, 0.6) is 0 Å². The smallest absolute Gasteiger partial charge is 0.271 e. The molecular formula is C10H15N3O3S. The number of sulfone groups is 1. The third kappa shape index (κ3) is 2.49. The molecule has 17 heavy (non-hydrogen) atoms. The second kappa shape index (κ2) is 4.14.